The Bertz CT molecular complexity index is 2510. The number of fused-ring (bicyclic) bond motifs is 2. The molecule has 0 fully saturated rings. The second-order valence-corrected chi connectivity index (χ2v) is 14.4. The van der Waals surface area contributed by atoms with Crippen LogP contribution in [0.4, 0.5) is 0 Å². The minimum Gasteiger partial charge on any atom is -0.296 e. The topological polar surface area (TPSA) is 147 Å². The molecule has 0 unspecified atom stereocenters. The second-order valence-electron chi connectivity index (χ2n) is 10.7. The Morgan fingerprint density at radius 1 is 0.571 bits per heavy atom. The molecule has 0 bridgehead atoms. The molecule has 0 aliphatic carbocycles. The second kappa shape index (κ2) is 14.1. The van der Waals surface area contributed by atoms with Crippen molar-refractivity contribution < 1.29 is 21.6 Å². The summed E-state index contributed by atoms with van der Waals surface area (Å²) in [6, 6.07) is 26.3. The van der Waals surface area contributed by atoms with Gasteiger partial charge in [0.25, 0.3) is 20.0 Å². The molecule has 0 saturated heterocycles. The number of aldehydes is 1. The van der Waals surface area contributed by atoms with Gasteiger partial charge in [0, 0.05) is 12.4 Å². The first kappa shape index (κ1) is 34.5. The van der Waals surface area contributed by atoms with Gasteiger partial charge in [-0.2, -0.15) is 0 Å². The maximum Gasteiger partial charge on any atom is 0.269 e. The largest absolute Gasteiger partial charge is 0.296 e. The van der Waals surface area contributed by atoms with Crippen molar-refractivity contribution in [1.82, 2.24) is 27.9 Å². The highest BCUT2D eigenvalue weighted by molar-refractivity contribution is 7.90. The number of nitrogens with zero attached hydrogens (tertiary/aromatic N) is 6. The summed E-state index contributed by atoms with van der Waals surface area (Å²) in [5.74, 6) is 0. The molecule has 4 aromatic heterocycles. The van der Waals surface area contributed by atoms with Gasteiger partial charge in [0.1, 0.15) is 16.7 Å². The van der Waals surface area contributed by atoms with Crippen LogP contribution >= 0.6 is 0 Å². The van der Waals surface area contributed by atoms with E-state index < -0.39 is 20.0 Å². The van der Waals surface area contributed by atoms with Crippen LogP contribution in [0.5, 0.6) is 0 Å². The quantitative estimate of drug-likeness (QED) is 0.169. The molecular weight excluding hydrogens is 661 g/mol. The van der Waals surface area contributed by atoms with Crippen LogP contribution in [0.3, 0.4) is 0 Å². The number of hydrogen-bond donors (Lipinski definition) is 0. The number of carbonyl (C=O) groups excluding carboxylic acids is 1. The van der Waals surface area contributed by atoms with Gasteiger partial charge in [-0.3, -0.25) is 4.79 Å². The van der Waals surface area contributed by atoms with Gasteiger partial charge >= 0.3 is 0 Å². The summed E-state index contributed by atoms with van der Waals surface area (Å²) in [4.78, 5) is 27.9. The molecule has 7 aromatic rings. The molecule has 0 spiro atoms. The minimum atomic E-state index is -3.73. The van der Waals surface area contributed by atoms with Crippen molar-refractivity contribution in [3.8, 4) is 0 Å². The molecule has 13 heteroatoms. The Morgan fingerprint density at radius 2 is 1.02 bits per heavy atom. The molecular formula is C36H32N6O5S2. The molecule has 49 heavy (non-hydrogen) atoms. The first-order valence-corrected chi connectivity index (χ1v) is 17.5. The monoisotopic (exact) mass is 692 g/mol. The Kier molecular flexibility index (Phi) is 9.97. The highest BCUT2D eigenvalue weighted by Crippen LogP contribution is 2.22. The molecule has 0 aliphatic rings. The van der Waals surface area contributed by atoms with Gasteiger partial charge in [0.05, 0.1) is 27.9 Å². The fourth-order valence-electron chi connectivity index (χ4n) is 4.72. The first-order chi connectivity index (χ1) is 23.1. The average Bonchev–Trinajstić information content (AvgIpc) is 3.73. The van der Waals surface area contributed by atoms with Crippen molar-refractivity contribution in [3.05, 3.63) is 144 Å². The third-order valence-electron chi connectivity index (χ3n) is 7.27. The summed E-state index contributed by atoms with van der Waals surface area (Å²) in [7, 11) is -7.44. The van der Waals surface area contributed by atoms with Crippen molar-refractivity contribution in [2.45, 2.75) is 31.1 Å². The van der Waals surface area contributed by atoms with Crippen LogP contribution in [0.25, 0.3) is 34.5 Å². The minimum absolute atomic E-state index is 0. The lowest BCUT2D eigenvalue weighted by Crippen LogP contribution is -2.12. The van der Waals surface area contributed by atoms with Gasteiger partial charge in [-0.25, -0.2) is 44.7 Å². The van der Waals surface area contributed by atoms with E-state index in [1.54, 1.807) is 60.8 Å². The van der Waals surface area contributed by atoms with E-state index in [1.807, 2.05) is 56.3 Å². The molecule has 0 N–H and O–H groups in total. The number of aryl methyl sites for hydroxylation is 2. The van der Waals surface area contributed by atoms with Crippen molar-refractivity contribution in [2.75, 3.05) is 0 Å². The molecule has 0 atom stereocenters. The van der Waals surface area contributed by atoms with Gasteiger partial charge in [-0.15, -0.1) is 0 Å². The molecule has 0 radical (unpaired) electrons. The van der Waals surface area contributed by atoms with E-state index in [1.165, 1.54) is 28.6 Å². The van der Waals surface area contributed by atoms with E-state index in [4.69, 9.17) is 0 Å². The summed E-state index contributed by atoms with van der Waals surface area (Å²) in [6.07, 6.45) is 10.1. The fourth-order valence-corrected chi connectivity index (χ4v) is 7.32. The maximum absolute atomic E-state index is 12.9. The number of rotatable bonds is 7. The zero-order valence-electron chi connectivity index (χ0n) is 25.7. The maximum atomic E-state index is 12.9. The summed E-state index contributed by atoms with van der Waals surface area (Å²) < 4.78 is 53.2. The summed E-state index contributed by atoms with van der Waals surface area (Å²) >= 11 is 0. The molecule has 7 rings (SSSR count). The zero-order chi connectivity index (χ0) is 33.9. The van der Waals surface area contributed by atoms with E-state index in [9.17, 15) is 21.6 Å². The molecule has 11 nitrogen and oxygen atoms in total. The number of carbonyl (C=O) groups is 1. The van der Waals surface area contributed by atoms with Crippen LogP contribution in [0.2, 0.25) is 0 Å². The summed E-state index contributed by atoms with van der Waals surface area (Å²) in [5, 5.41) is 0. The van der Waals surface area contributed by atoms with E-state index in [-0.39, 0.29) is 28.6 Å². The van der Waals surface area contributed by atoms with Crippen molar-refractivity contribution in [1.29, 1.82) is 0 Å². The van der Waals surface area contributed by atoms with Gasteiger partial charge in [0.15, 0.2) is 17.6 Å². The van der Waals surface area contributed by atoms with Crippen LogP contribution in [0.1, 0.15) is 40.3 Å². The first-order valence-electron chi connectivity index (χ1n) is 14.6. The summed E-state index contributed by atoms with van der Waals surface area (Å²) in [5.41, 5.74) is 5.25. The van der Waals surface area contributed by atoms with Crippen LogP contribution in [-0.4, -0.2) is 51.0 Å². The molecule has 0 saturated carbocycles. The third kappa shape index (κ3) is 7.22. The number of benzene rings is 3. The van der Waals surface area contributed by atoms with E-state index in [0.717, 1.165) is 20.7 Å². The normalized spacial score (nSPS) is 11.6. The molecule has 248 valence electrons. The average molecular weight is 693 g/mol. The predicted molar refractivity (Wildman–Crippen MR) is 190 cm³/mol. The highest BCUT2D eigenvalue weighted by atomic mass is 32.2. The fraction of sp³-hybridized carbons (Fsp3) is 0.0833. The van der Waals surface area contributed by atoms with Crippen LogP contribution in [0.15, 0.2) is 126 Å². The predicted octanol–water partition coefficient (Wildman–Crippen LogP) is 6.57. The van der Waals surface area contributed by atoms with Crippen molar-refractivity contribution in [2.24, 2.45) is 0 Å². The van der Waals surface area contributed by atoms with Gasteiger partial charge in [0.2, 0.25) is 0 Å². The molecule has 4 heterocycles. The highest BCUT2D eigenvalue weighted by Gasteiger charge is 2.21. The standard InChI is InChI=1S/C21H17N3O2S.C14H11N3O3S.CH4/c1-16-7-11-19(12-8-16)27(25,26)24-14-13-20-21(24)22-15-18(23-20)10-9-17-5-3-2-4-6-17;1-10-2-4-12(5-3-10)21(19,20)17-7-6-13-14(17)15-8-11(9-18)16-13;/h2-15H,1H3;2-9H,1H3;1H4/b10-9+;;. The zero-order valence-corrected chi connectivity index (χ0v) is 27.4. The SMILES string of the molecule is C.Cc1ccc(S(=O)(=O)n2ccc3nc(/C=C/c4ccccc4)cnc32)cc1.Cc1ccc(S(=O)(=O)n2ccc3nc(C=O)cnc32)cc1. The molecule has 3 aromatic carbocycles. The van der Waals surface area contributed by atoms with Crippen LogP contribution in [0, 0.1) is 13.8 Å². The number of hydrogen-bond acceptors (Lipinski definition) is 9. The lowest BCUT2D eigenvalue weighted by molar-refractivity contribution is 0.111. The smallest absolute Gasteiger partial charge is 0.269 e. The lowest BCUT2D eigenvalue weighted by atomic mass is 10.2. The van der Waals surface area contributed by atoms with E-state index in [0.29, 0.717) is 28.7 Å². The Labute approximate surface area is 284 Å². The van der Waals surface area contributed by atoms with Crippen LogP contribution < -0.4 is 0 Å². The third-order valence-corrected chi connectivity index (χ3v) is 10.6. The Morgan fingerprint density at radius 3 is 1.49 bits per heavy atom. The lowest BCUT2D eigenvalue weighted by Gasteiger charge is -2.07. The molecule has 0 amide bonds. The molecule has 0 aliphatic heterocycles. The van der Waals surface area contributed by atoms with Gasteiger partial charge in [-0.05, 0) is 61.9 Å². The van der Waals surface area contributed by atoms with E-state index in [2.05, 4.69) is 19.9 Å². The van der Waals surface area contributed by atoms with Gasteiger partial charge in [-0.1, -0.05) is 79.2 Å². The van der Waals surface area contributed by atoms with Crippen molar-refractivity contribution >= 4 is 60.8 Å². The Hall–Kier alpha value is -5.79. The Balaban J connectivity index is 0.000000193. The van der Waals surface area contributed by atoms with E-state index >= 15 is 0 Å². The summed E-state index contributed by atoms with van der Waals surface area (Å²) in [6.45, 7) is 3.80. The van der Waals surface area contributed by atoms with Gasteiger partial charge < -0.3 is 0 Å². The van der Waals surface area contributed by atoms with Crippen LogP contribution in [-0.2, 0) is 20.0 Å². The number of aromatic nitrogens is 6. The van der Waals surface area contributed by atoms with Crippen molar-refractivity contribution in [3.63, 3.8) is 0 Å².